The third-order valence-corrected chi connectivity index (χ3v) is 6.45. The zero-order valence-electron chi connectivity index (χ0n) is 17.8. The number of carbonyl (C=O) groups is 1. The fourth-order valence-corrected chi connectivity index (χ4v) is 4.24. The van der Waals surface area contributed by atoms with E-state index in [0.29, 0.717) is 36.1 Å². The quantitative estimate of drug-likeness (QED) is 0.121. The molecular weight excluding hydrogens is 489 g/mol. The second-order valence-corrected chi connectivity index (χ2v) is 8.78. The van der Waals surface area contributed by atoms with Crippen molar-refractivity contribution in [2.24, 2.45) is 5.92 Å². The van der Waals surface area contributed by atoms with Crippen LogP contribution < -0.4 is 10.0 Å². The number of anilines is 2. The fourth-order valence-electron chi connectivity index (χ4n) is 3.52. The Morgan fingerprint density at radius 1 is 1.00 bits per heavy atom. The van der Waals surface area contributed by atoms with Gasteiger partial charge >= 0.3 is 0 Å². The van der Waals surface area contributed by atoms with Crippen LogP contribution in [0.2, 0.25) is 0 Å². The van der Waals surface area contributed by atoms with Crippen LogP contribution in [-0.2, 0) is 0 Å². The van der Waals surface area contributed by atoms with Crippen LogP contribution in [0.15, 0.2) is 41.7 Å². The van der Waals surface area contributed by atoms with Gasteiger partial charge in [0.05, 0.1) is 22.2 Å². The summed E-state index contributed by atoms with van der Waals surface area (Å²) >= 11 is 0.249. The Kier molecular flexibility index (Phi) is 6.05. The Balaban J connectivity index is 1.48. The molecule has 0 unspecified atom stereocenters. The third kappa shape index (κ3) is 4.41. The molecule has 0 amide bonds. The lowest BCUT2D eigenvalue weighted by atomic mass is 10.0. The molecule has 5 rings (SSSR count). The number of aromatic amines is 1. The molecule has 2 aromatic heterocycles. The van der Waals surface area contributed by atoms with Gasteiger partial charge in [-0.1, -0.05) is 0 Å². The third-order valence-electron chi connectivity index (χ3n) is 5.55. The molecule has 0 spiro atoms. The number of aromatic nitrogens is 3. The van der Waals surface area contributed by atoms with Gasteiger partial charge in [-0.15, -0.1) is 0 Å². The maximum atomic E-state index is 15.3. The molecule has 0 radical (unpaired) electrons. The molecule has 0 aliphatic heterocycles. The van der Waals surface area contributed by atoms with Crippen LogP contribution in [0.5, 0.6) is 0 Å². The Hall–Kier alpha value is -3.67. The highest BCUT2D eigenvalue weighted by Gasteiger charge is 2.27. The molecule has 0 bridgehead atoms. The monoisotopic (exact) mass is 505 g/mol. The second kappa shape index (κ2) is 9.17. The van der Waals surface area contributed by atoms with Crippen LogP contribution in [0.4, 0.5) is 33.5 Å². The number of hydrogen-bond donors (Lipinski definition) is 3. The number of H-pyrrole nitrogens is 1. The van der Waals surface area contributed by atoms with Crippen molar-refractivity contribution in [3.8, 4) is 0 Å². The van der Waals surface area contributed by atoms with Crippen LogP contribution in [0.25, 0.3) is 11.0 Å². The molecule has 4 aromatic rings. The second-order valence-electron chi connectivity index (χ2n) is 7.96. The lowest BCUT2D eigenvalue weighted by Gasteiger charge is -2.12. The van der Waals surface area contributed by atoms with Crippen molar-refractivity contribution < 1.29 is 26.7 Å². The normalized spacial score (nSPS) is 13.3. The summed E-state index contributed by atoms with van der Waals surface area (Å²) in [6, 6.07) is 3.13. The average Bonchev–Trinajstić information content (AvgIpc) is 3.57. The molecule has 1 aliphatic carbocycles. The van der Waals surface area contributed by atoms with Crippen molar-refractivity contribution in [3.63, 3.8) is 0 Å². The molecule has 12 heteroatoms. The Morgan fingerprint density at radius 3 is 2.51 bits per heavy atom. The first-order valence-electron chi connectivity index (χ1n) is 10.5. The lowest BCUT2D eigenvalue weighted by Crippen LogP contribution is -2.11. The number of benzene rings is 2. The van der Waals surface area contributed by atoms with Crippen molar-refractivity contribution in [2.45, 2.75) is 17.7 Å². The van der Waals surface area contributed by atoms with E-state index in [9.17, 15) is 22.4 Å². The van der Waals surface area contributed by atoms with Crippen molar-refractivity contribution in [1.82, 2.24) is 15.0 Å². The van der Waals surface area contributed by atoms with Crippen molar-refractivity contribution in [3.05, 3.63) is 77.0 Å². The SMILES string of the molecule is O=C(c1c(F)ccc(NSc2c(F)ccc(F)c2F)c1F)c1c[nH]c2ncnc(NCC3CC3)c12. The zero-order chi connectivity index (χ0) is 24.7. The van der Waals surface area contributed by atoms with Crippen LogP contribution in [-0.4, -0.2) is 27.3 Å². The van der Waals surface area contributed by atoms with E-state index in [1.54, 1.807) is 0 Å². The van der Waals surface area contributed by atoms with Gasteiger partial charge in [-0.25, -0.2) is 31.9 Å². The number of rotatable bonds is 8. The standard InChI is InChI=1S/C23H16F5N5OS/c24-12-5-6-15(33-35-21-14(26)4-3-13(25)18(21)27)19(28)17(12)20(34)11-8-30-23-16(11)22(31-9-32-23)29-7-10-1-2-10/h3-6,8-10,33H,1-2,7H2,(H2,29,30,31,32). The number of nitrogens with one attached hydrogen (secondary N) is 3. The topological polar surface area (TPSA) is 82.7 Å². The number of nitrogens with zero attached hydrogens (tertiary/aromatic N) is 2. The van der Waals surface area contributed by atoms with Crippen LogP contribution in [0, 0.1) is 35.0 Å². The van der Waals surface area contributed by atoms with Gasteiger partial charge in [-0.2, -0.15) is 0 Å². The molecule has 2 heterocycles. The minimum absolute atomic E-state index is 0.0521. The largest absolute Gasteiger partial charge is 0.369 e. The predicted octanol–water partition coefficient (Wildman–Crippen LogP) is 5.83. The zero-order valence-corrected chi connectivity index (χ0v) is 18.6. The average molecular weight is 505 g/mol. The predicted molar refractivity (Wildman–Crippen MR) is 121 cm³/mol. The Bertz CT molecular complexity index is 1460. The van der Waals surface area contributed by atoms with E-state index in [-0.39, 0.29) is 22.9 Å². The maximum absolute atomic E-state index is 15.3. The molecule has 6 nitrogen and oxygen atoms in total. The van der Waals surface area contributed by atoms with Gasteiger partial charge in [0.15, 0.2) is 17.5 Å². The van der Waals surface area contributed by atoms with E-state index in [1.165, 1.54) is 12.5 Å². The summed E-state index contributed by atoms with van der Waals surface area (Å²) in [7, 11) is 0. The molecule has 1 aliphatic rings. The highest BCUT2D eigenvalue weighted by atomic mass is 32.2. The van der Waals surface area contributed by atoms with Crippen molar-refractivity contribution in [2.75, 3.05) is 16.6 Å². The van der Waals surface area contributed by atoms with Gasteiger partial charge in [0.25, 0.3) is 0 Å². The highest BCUT2D eigenvalue weighted by molar-refractivity contribution is 8.00. The van der Waals surface area contributed by atoms with Gasteiger partial charge in [0.1, 0.15) is 34.3 Å². The first-order valence-corrected chi connectivity index (χ1v) is 11.3. The number of hydrogen-bond acceptors (Lipinski definition) is 6. The summed E-state index contributed by atoms with van der Waals surface area (Å²) in [5.74, 6) is -6.37. The van der Waals surface area contributed by atoms with E-state index < -0.39 is 51.0 Å². The highest BCUT2D eigenvalue weighted by Crippen LogP contribution is 2.34. The van der Waals surface area contributed by atoms with E-state index in [4.69, 9.17) is 0 Å². The van der Waals surface area contributed by atoms with Gasteiger partial charge in [-0.3, -0.25) is 4.79 Å². The van der Waals surface area contributed by atoms with Crippen molar-refractivity contribution >= 4 is 40.3 Å². The fraction of sp³-hybridized carbons (Fsp3) is 0.174. The summed E-state index contributed by atoms with van der Waals surface area (Å²) in [5.41, 5.74) is -1.05. The van der Waals surface area contributed by atoms with E-state index in [0.717, 1.165) is 25.0 Å². The Labute approximate surface area is 199 Å². The molecule has 35 heavy (non-hydrogen) atoms. The molecule has 0 atom stereocenters. The maximum Gasteiger partial charge on any atom is 0.201 e. The number of ketones is 1. The molecule has 2 aromatic carbocycles. The van der Waals surface area contributed by atoms with E-state index >= 15 is 4.39 Å². The molecule has 3 N–H and O–H groups in total. The molecule has 0 saturated heterocycles. The first kappa shape index (κ1) is 23.1. The first-order chi connectivity index (χ1) is 16.8. The molecule has 180 valence electrons. The van der Waals surface area contributed by atoms with Gasteiger partial charge < -0.3 is 15.0 Å². The van der Waals surface area contributed by atoms with Gasteiger partial charge in [0, 0.05) is 12.7 Å². The van der Waals surface area contributed by atoms with E-state index in [2.05, 4.69) is 25.0 Å². The summed E-state index contributed by atoms with van der Waals surface area (Å²) in [5, 5.41) is 3.43. The number of fused-ring (bicyclic) bond motifs is 1. The lowest BCUT2D eigenvalue weighted by molar-refractivity contribution is 0.103. The summed E-state index contributed by atoms with van der Waals surface area (Å²) in [6.45, 7) is 0.636. The number of carbonyl (C=O) groups excluding carboxylic acids is 1. The van der Waals surface area contributed by atoms with Gasteiger partial charge in [0.2, 0.25) is 5.78 Å². The number of halogens is 5. The summed E-state index contributed by atoms with van der Waals surface area (Å²) < 4.78 is 73.5. The van der Waals surface area contributed by atoms with Crippen LogP contribution >= 0.6 is 11.9 Å². The minimum Gasteiger partial charge on any atom is -0.369 e. The summed E-state index contributed by atoms with van der Waals surface area (Å²) in [4.78, 5) is 23.5. The summed E-state index contributed by atoms with van der Waals surface area (Å²) in [6.07, 6.45) is 4.75. The molecule has 1 saturated carbocycles. The minimum atomic E-state index is -1.47. The van der Waals surface area contributed by atoms with Gasteiger partial charge in [-0.05, 0) is 55.0 Å². The molecule has 1 fully saturated rings. The Morgan fingerprint density at radius 2 is 1.74 bits per heavy atom. The van der Waals surface area contributed by atoms with Crippen LogP contribution in [0.1, 0.15) is 28.8 Å². The van der Waals surface area contributed by atoms with Crippen LogP contribution in [0.3, 0.4) is 0 Å². The molecular formula is C23H16F5N5OS. The van der Waals surface area contributed by atoms with Crippen molar-refractivity contribution in [1.29, 1.82) is 0 Å². The smallest absolute Gasteiger partial charge is 0.201 e. The van der Waals surface area contributed by atoms with E-state index in [1.807, 2.05) is 0 Å².